The van der Waals surface area contributed by atoms with Gasteiger partial charge in [-0.2, -0.15) is 0 Å². The first-order chi connectivity index (χ1) is 14.0. The third-order valence-electron chi connectivity index (χ3n) is 4.24. The summed E-state index contributed by atoms with van der Waals surface area (Å²) in [6.45, 7) is 1.52. The molecule has 0 saturated carbocycles. The highest BCUT2D eigenvalue weighted by Crippen LogP contribution is 2.29. The number of hydrogen-bond donors (Lipinski definition) is 2. The number of nitrogens with zero attached hydrogens (tertiary/aromatic N) is 1. The minimum Gasteiger partial charge on any atom is -0.497 e. The van der Waals surface area contributed by atoms with Gasteiger partial charge in [0.25, 0.3) is 5.91 Å². The van der Waals surface area contributed by atoms with Gasteiger partial charge in [-0.05, 0) is 55.5 Å². The summed E-state index contributed by atoms with van der Waals surface area (Å²) in [5, 5.41) is 5.95. The molecule has 0 atom stereocenters. The Balaban J connectivity index is 1.77. The van der Waals surface area contributed by atoms with Crippen LogP contribution in [0.5, 0.6) is 11.5 Å². The van der Waals surface area contributed by atoms with Gasteiger partial charge in [0.1, 0.15) is 17.3 Å². The van der Waals surface area contributed by atoms with Gasteiger partial charge in [-0.3, -0.25) is 9.59 Å². The van der Waals surface area contributed by atoms with E-state index >= 15 is 0 Å². The highest BCUT2D eigenvalue weighted by molar-refractivity contribution is 6.05. The Morgan fingerprint density at radius 1 is 0.897 bits per heavy atom. The van der Waals surface area contributed by atoms with Crippen LogP contribution in [0.2, 0.25) is 0 Å². The lowest BCUT2D eigenvalue weighted by Gasteiger charge is -2.12. The van der Waals surface area contributed by atoms with Crippen LogP contribution in [0.1, 0.15) is 27.6 Å². The van der Waals surface area contributed by atoms with Crippen molar-refractivity contribution in [2.45, 2.75) is 6.92 Å². The summed E-state index contributed by atoms with van der Waals surface area (Å²) >= 11 is 0. The van der Waals surface area contributed by atoms with Crippen molar-refractivity contribution in [3.63, 3.8) is 0 Å². The molecule has 0 spiro atoms. The molecule has 1 amide bonds. The molecule has 0 saturated heterocycles. The number of aromatic nitrogens is 1. The normalized spacial score (nSPS) is 10.2. The van der Waals surface area contributed by atoms with Crippen molar-refractivity contribution < 1.29 is 19.1 Å². The van der Waals surface area contributed by atoms with Crippen molar-refractivity contribution in [3.8, 4) is 11.5 Å². The molecule has 0 bridgehead atoms. The molecule has 0 aliphatic rings. The van der Waals surface area contributed by atoms with E-state index in [-0.39, 0.29) is 11.7 Å². The first kappa shape index (κ1) is 19.9. The largest absolute Gasteiger partial charge is 0.497 e. The van der Waals surface area contributed by atoms with Gasteiger partial charge in [-0.1, -0.05) is 0 Å². The third kappa shape index (κ3) is 4.90. The number of Topliss-reactive ketones (excluding diaryl/α,β-unsaturated/α-hetero) is 1. The van der Waals surface area contributed by atoms with Gasteiger partial charge in [0, 0.05) is 29.1 Å². The van der Waals surface area contributed by atoms with Crippen molar-refractivity contribution in [1.29, 1.82) is 0 Å². The monoisotopic (exact) mass is 391 g/mol. The zero-order valence-electron chi connectivity index (χ0n) is 16.4. The summed E-state index contributed by atoms with van der Waals surface area (Å²) in [5.74, 6) is 1.32. The fraction of sp³-hybridized carbons (Fsp3) is 0.136. The first-order valence-corrected chi connectivity index (χ1v) is 8.87. The molecule has 7 heteroatoms. The Kier molecular flexibility index (Phi) is 6.09. The molecule has 0 radical (unpaired) electrons. The van der Waals surface area contributed by atoms with E-state index in [0.717, 1.165) is 5.69 Å². The average molecular weight is 391 g/mol. The van der Waals surface area contributed by atoms with E-state index in [2.05, 4.69) is 15.6 Å². The van der Waals surface area contributed by atoms with Gasteiger partial charge in [-0.15, -0.1) is 0 Å². The van der Waals surface area contributed by atoms with Crippen molar-refractivity contribution in [3.05, 3.63) is 71.9 Å². The molecule has 2 N–H and O–H groups in total. The van der Waals surface area contributed by atoms with E-state index in [1.54, 1.807) is 67.9 Å². The molecule has 7 nitrogen and oxygen atoms in total. The average Bonchev–Trinajstić information content (AvgIpc) is 2.74. The molecule has 148 valence electrons. The molecule has 3 aromatic rings. The Morgan fingerprint density at radius 2 is 1.66 bits per heavy atom. The van der Waals surface area contributed by atoms with E-state index in [1.165, 1.54) is 14.0 Å². The number of rotatable bonds is 7. The van der Waals surface area contributed by atoms with E-state index < -0.39 is 0 Å². The topological polar surface area (TPSA) is 89.6 Å². The maximum Gasteiger partial charge on any atom is 0.255 e. The molecular weight excluding hydrogens is 370 g/mol. The Labute approximate surface area is 168 Å². The Morgan fingerprint density at radius 3 is 2.31 bits per heavy atom. The maximum atomic E-state index is 12.7. The molecule has 1 heterocycles. The molecule has 3 rings (SSSR count). The first-order valence-electron chi connectivity index (χ1n) is 8.87. The smallest absolute Gasteiger partial charge is 0.255 e. The van der Waals surface area contributed by atoms with E-state index in [1.807, 2.05) is 0 Å². The number of carbonyl (C=O) groups is 2. The second-order valence-corrected chi connectivity index (χ2v) is 6.21. The summed E-state index contributed by atoms with van der Waals surface area (Å²) < 4.78 is 10.5. The van der Waals surface area contributed by atoms with Crippen LogP contribution < -0.4 is 20.1 Å². The summed E-state index contributed by atoms with van der Waals surface area (Å²) in [5.41, 5.74) is 2.31. The van der Waals surface area contributed by atoms with Crippen molar-refractivity contribution in [2.24, 2.45) is 0 Å². The quantitative estimate of drug-likeness (QED) is 0.584. The lowest BCUT2D eigenvalue weighted by atomic mass is 10.1. The van der Waals surface area contributed by atoms with E-state index in [0.29, 0.717) is 34.1 Å². The van der Waals surface area contributed by atoms with Crippen LogP contribution in [0.4, 0.5) is 17.2 Å². The molecule has 0 aliphatic heterocycles. The minimum atomic E-state index is -0.311. The molecule has 0 fully saturated rings. The van der Waals surface area contributed by atoms with Crippen molar-refractivity contribution in [1.82, 2.24) is 4.98 Å². The predicted molar refractivity (Wildman–Crippen MR) is 111 cm³/mol. The summed E-state index contributed by atoms with van der Waals surface area (Å²) in [6.07, 6.45) is 1.55. The molecule has 0 unspecified atom stereocenters. The SMILES string of the molecule is COc1ccc(OC)c(NC(=O)c2ccnc(Nc3ccc(C(C)=O)cc3)c2)c1. The van der Waals surface area contributed by atoms with Gasteiger partial charge in [-0.25, -0.2) is 4.98 Å². The highest BCUT2D eigenvalue weighted by Gasteiger charge is 2.12. The lowest BCUT2D eigenvalue weighted by molar-refractivity contribution is 0.101. The van der Waals surface area contributed by atoms with Crippen LogP contribution in [0.15, 0.2) is 60.8 Å². The Bertz CT molecular complexity index is 1030. The van der Waals surface area contributed by atoms with Crippen molar-refractivity contribution in [2.75, 3.05) is 24.9 Å². The van der Waals surface area contributed by atoms with Crippen LogP contribution in [0, 0.1) is 0 Å². The third-order valence-corrected chi connectivity index (χ3v) is 4.24. The molecule has 2 aromatic carbocycles. The number of benzene rings is 2. The van der Waals surface area contributed by atoms with Gasteiger partial charge in [0.15, 0.2) is 5.78 Å². The van der Waals surface area contributed by atoms with Gasteiger partial charge in [0.2, 0.25) is 0 Å². The summed E-state index contributed by atoms with van der Waals surface area (Å²) in [4.78, 5) is 28.3. The van der Waals surface area contributed by atoms with Gasteiger partial charge in [0.05, 0.1) is 19.9 Å². The predicted octanol–water partition coefficient (Wildman–Crippen LogP) is 4.30. The minimum absolute atomic E-state index is 0.00122. The number of carbonyl (C=O) groups excluding carboxylic acids is 2. The second kappa shape index (κ2) is 8.88. The standard InChI is InChI=1S/C22H21N3O4/c1-14(26)15-4-6-17(7-5-15)24-21-12-16(10-11-23-21)22(27)25-19-13-18(28-2)8-9-20(19)29-3/h4-13H,1-3H3,(H,23,24)(H,25,27). The maximum absolute atomic E-state index is 12.7. The Hall–Kier alpha value is -3.87. The molecule has 0 aliphatic carbocycles. The van der Waals surface area contributed by atoms with Crippen LogP contribution in [0.3, 0.4) is 0 Å². The van der Waals surface area contributed by atoms with Gasteiger partial charge < -0.3 is 20.1 Å². The van der Waals surface area contributed by atoms with Crippen LogP contribution in [-0.2, 0) is 0 Å². The second-order valence-electron chi connectivity index (χ2n) is 6.21. The fourth-order valence-corrected chi connectivity index (χ4v) is 2.68. The molecule has 1 aromatic heterocycles. The number of methoxy groups -OCH3 is 2. The number of hydrogen-bond acceptors (Lipinski definition) is 6. The van der Waals surface area contributed by atoms with Crippen LogP contribution >= 0.6 is 0 Å². The number of ketones is 1. The fourth-order valence-electron chi connectivity index (χ4n) is 2.68. The number of anilines is 3. The van der Waals surface area contributed by atoms with Crippen LogP contribution in [0.25, 0.3) is 0 Å². The molecule has 29 heavy (non-hydrogen) atoms. The van der Waals surface area contributed by atoms with Crippen molar-refractivity contribution >= 4 is 28.9 Å². The number of ether oxygens (including phenoxy) is 2. The summed E-state index contributed by atoms with van der Waals surface area (Å²) in [7, 11) is 3.08. The van der Waals surface area contributed by atoms with E-state index in [4.69, 9.17) is 9.47 Å². The van der Waals surface area contributed by atoms with Gasteiger partial charge >= 0.3 is 0 Å². The molecular formula is C22H21N3O4. The zero-order chi connectivity index (χ0) is 20.8. The number of amides is 1. The van der Waals surface area contributed by atoms with E-state index in [9.17, 15) is 9.59 Å². The number of pyridine rings is 1. The zero-order valence-corrected chi connectivity index (χ0v) is 16.4. The van der Waals surface area contributed by atoms with Crippen LogP contribution in [-0.4, -0.2) is 30.9 Å². The highest BCUT2D eigenvalue weighted by atomic mass is 16.5. The summed E-state index contributed by atoms with van der Waals surface area (Å²) in [6, 6.07) is 15.4. The lowest BCUT2D eigenvalue weighted by Crippen LogP contribution is -2.13. The number of nitrogens with one attached hydrogen (secondary N) is 2.